The summed E-state index contributed by atoms with van der Waals surface area (Å²) < 4.78 is 23.5. The van der Waals surface area contributed by atoms with Crippen LogP contribution in [0.1, 0.15) is 25.0 Å². The number of hydrogen-bond donors (Lipinski definition) is 1. The third kappa shape index (κ3) is 3.04. The van der Waals surface area contributed by atoms with Crippen LogP contribution in [0.3, 0.4) is 0 Å². The van der Waals surface area contributed by atoms with E-state index in [-0.39, 0.29) is 11.0 Å². The maximum Gasteiger partial charge on any atom is 0.156 e. The average Bonchev–Trinajstić information content (AvgIpc) is 2.18. The molecule has 2 N–H and O–H groups in total. The largest absolute Gasteiger partial charge is 0.326 e. The highest BCUT2D eigenvalue weighted by Gasteiger charge is 2.17. The van der Waals surface area contributed by atoms with Crippen LogP contribution in [-0.2, 0) is 22.1 Å². The molecule has 0 bridgehead atoms. The van der Waals surface area contributed by atoms with Crippen molar-refractivity contribution in [2.45, 2.75) is 31.4 Å². The van der Waals surface area contributed by atoms with Gasteiger partial charge in [-0.1, -0.05) is 24.3 Å². The van der Waals surface area contributed by atoms with Gasteiger partial charge >= 0.3 is 0 Å². The molecule has 0 heterocycles. The van der Waals surface area contributed by atoms with Crippen LogP contribution in [0.5, 0.6) is 0 Å². The molecule has 0 unspecified atom stereocenters. The van der Waals surface area contributed by atoms with Crippen molar-refractivity contribution in [1.29, 1.82) is 0 Å². The molecule has 0 aliphatic carbocycles. The van der Waals surface area contributed by atoms with Gasteiger partial charge in [0.15, 0.2) is 9.84 Å². The maximum absolute atomic E-state index is 11.7. The highest BCUT2D eigenvalue weighted by Crippen LogP contribution is 2.14. The van der Waals surface area contributed by atoms with E-state index in [4.69, 9.17) is 5.73 Å². The molecule has 3 nitrogen and oxygen atoms in total. The highest BCUT2D eigenvalue weighted by molar-refractivity contribution is 7.91. The van der Waals surface area contributed by atoms with Crippen LogP contribution in [0, 0.1) is 0 Å². The van der Waals surface area contributed by atoms with Gasteiger partial charge in [0.1, 0.15) is 0 Å². The number of benzene rings is 1. The van der Waals surface area contributed by atoms with Crippen molar-refractivity contribution >= 4 is 9.84 Å². The Bertz CT molecular complexity index is 424. The molecule has 0 atom stereocenters. The Balaban J connectivity index is 3.00. The lowest BCUT2D eigenvalue weighted by molar-refractivity contribution is 0.586. The van der Waals surface area contributed by atoms with Crippen molar-refractivity contribution in [3.8, 4) is 0 Å². The predicted octanol–water partition coefficient (Wildman–Crippen LogP) is 1.47. The normalized spacial score (nSPS) is 12.0. The van der Waals surface area contributed by atoms with Crippen molar-refractivity contribution < 1.29 is 8.42 Å². The van der Waals surface area contributed by atoms with Gasteiger partial charge in [0.05, 0.1) is 11.0 Å². The van der Waals surface area contributed by atoms with Gasteiger partial charge in [0.2, 0.25) is 0 Å². The van der Waals surface area contributed by atoms with Gasteiger partial charge in [-0.05, 0) is 25.0 Å². The second kappa shape index (κ2) is 4.77. The minimum atomic E-state index is -3.04. The van der Waals surface area contributed by atoms with Crippen LogP contribution < -0.4 is 5.73 Å². The van der Waals surface area contributed by atoms with Crippen LogP contribution in [0.2, 0.25) is 0 Å². The number of nitrogens with two attached hydrogens (primary N) is 1. The fourth-order valence-electron chi connectivity index (χ4n) is 1.28. The molecule has 0 aromatic heterocycles. The Labute approximate surface area is 91.2 Å². The summed E-state index contributed by atoms with van der Waals surface area (Å²) in [6.45, 7) is 3.77. The summed E-state index contributed by atoms with van der Waals surface area (Å²) in [6.07, 6.45) is 0. The first-order valence-electron chi connectivity index (χ1n) is 4.96. The maximum atomic E-state index is 11.7. The molecule has 0 aliphatic heterocycles. The SMILES string of the molecule is CC(C)S(=O)(=O)Cc1ccccc1CN. The summed E-state index contributed by atoms with van der Waals surface area (Å²) >= 11 is 0. The Hall–Kier alpha value is -0.870. The quantitative estimate of drug-likeness (QED) is 0.847. The molecule has 1 aromatic rings. The zero-order valence-electron chi connectivity index (χ0n) is 9.10. The van der Waals surface area contributed by atoms with E-state index in [1.54, 1.807) is 13.8 Å². The number of sulfone groups is 1. The van der Waals surface area contributed by atoms with Crippen LogP contribution in [0.4, 0.5) is 0 Å². The summed E-state index contributed by atoms with van der Waals surface area (Å²) in [5.41, 5.74) is 7.27. The molecular weight excluding hydrogens is 210 g/mol. The Morgan fingerprint density at radius 2 is 1.73 bits per heavy atom. The van der Waals surface area contributed by atoms with E-state index in [0.29, 0.717) is 6.54 Å². The van der Waals surface area contributed by atoms with Crippen molar-refractivity contribution in [2.75, 3.05) is 0 Å². The lowest BCUT2D eigenvalue weighted by Gasteiger charge is -2.10. The van der Waals surface area contributed by atoms with E-state index in [0.717, 1.165) is 11.1 Å². The Morgan fingerprint density at radius 1 is 1.20 bits per heavy atom. The first kappa shape index (κ1) is 12.2. The highest BCUT2D eigenvalue weighted by atomic mass is 32.2. The third-order valence-electron chi connectivity index (χ3n) is 2.41. The van der Waals surface area contributed by atoms with E-state index in [2.05, 4.69) is 0 Å². The second-order valence-electron chi connectivity index (χ2n) is 3.83. The summed E-state index contributed by atoms with van der Waals surface area (Å²) in [4.78, 5) is 0. The third-order valence-corrected chi connectivity index (χ3v) is 4.56. The van der Waals surface area contributed by atoms with Crippen LogP contribution in [0.25, 0.3) is 0 Å². The van der Waals surface area contributed by atoms with Gasteiger partial charge in [0.25, 0.3) is 0 Å². The molecule has 0 saturated heterocycles. The minimum Gasteiger partial charge on any atom is -0.326 e. The van der Waals surface area contributed by atoms with Gasteiger partial charge in [-0.15, -0.1) is 0 Å². The van der Waals surface area contributed by atoms with Crippen LogP contribution in [0.15, 0.2) is 24.3 Å². The smallest absolute Gasteiger partial charge is 0.156 e. The summed E-state index contributed by atoms with van der Waals surface area (Å²) in [7, 11) is -3.04. The van der Waals surface area contributed by atoms with Gasteiger partial charge < -0.3 is 5.73 Å². The number of rotatable bonds is 4. The molecule has 0 radical (unpaired) electrons. The summed E-state index contributed by atoms with van der Waals surface area (Å²) in [6, 6.07) is 7.39. The fraction of sp³-hybridized carbons (Fsp3) is 0.455. The first-order valence-corrected chi connectivity index (χ1v) is 6.67. The molecule has 1 aromatic carbocycles. The van der Waals surface area contributed by atoms with Crippen molar-refractivity contribution in [3.63, 3.8) is 0 Å². The topological polar surface area (TPSA) is 60.2 Å². The van der Waals surface area contributed by atoms with Crippen molar-refractivity contribution in [2.24, 2.45) is 5.73 Å². The standard InChI is InChI=1S/C11H17NO2S/c1-9(2)15(13,14)8-11-6-4-3-5-10(11)7-12/h3-6,9H,7-8,12H2,1-2H3. The molecule has 15 heavy (non-hydrogen) atoms. The molecule has 0 saturated carbocycles. The molecule has 1 rings (SSSR count). The number of hydrogen-bond acceptors (Lipinski definition) is 3. The van der Waals surface area contributed by atoms with E-state index in [1.165, 1.54) is 0 Å². The molecular formula is C11H17NO2S. The summed E-state index contributed by atoms with van der Waals surface area (Å²) in [5, 5.41) is -0.344. The van der Waals surface area contributed by atoms with E-state index >= 15 is 0 Å². The minimum absolute atomic E-state index is 0.0814. The zero-order chi connectivity index (χ0) is 11.5. The molecule has 4 heteroatoms. The lowest BCUT2D eigenvalue weighted by Crippen LogP contribution is -2.17. The Kier molecular flexibility index (Phi) is 3.88. The van der Waals surface area contributed by atoms with Gasteiger partial charge in [-0.25, -0.2) is 8.42 Å². The first-order chi connectivity index (χ1) is 6.97. The monoisotopic (exact) mass is 227 g/mol. The van der Waals surface area contributed by atoms with Crippen LogP contribution >= 0.6 is 0 Å². The van der Waals surface area contributed by atoms with E-state index in [1.807, 2.05) is 24.3 Å². The van der Waals surface area contributed by atoms with E-state index < -0.39 is 9.84 Å². The zero-order valence-corrected chi connectivity index (χ0v) is 9.92. The van der Waals surface area contributed by atoms with Gasteiger partial charge in [0, 0.05) is 6.54 Å². The Morgan fingerprint density at radius 3 is 2.20 bits per heavy atom. The lowest BCUT2D eigenvalue weighted by atomic mass is 10.1. The molecule has 84 valence electrons. The van der Waals surface area contributed by atoms with Crippen molar-refractivity contribution in [1.82, 2.24) is 0 Å². The second-order valence-corrected chi connectivity index (χ2v) is 6.39. The average molecular weight is 227 g/mol. The van der Waals surface area contributed by atoms with E-state index in [9.17, 15) is 8.42 Å². The van der Waals surface area contributed by atoms with Crippen LogP contribution in [-0.4, -0.2) is 13.7 Å². The van der Waals surface area contributed by atoms with Gasteiger partial charge in [-0.3, -0.25) is 0 Å². The molecule has 0 aliphatic rings. The molecule has 0 fully saturated rings. The summed E-state index contributed by atoms with van der Waals surface area (Å²) in [5.74, 6) is 0.0814. The molecule has 0 spiro atoms. The van der Waals surface area contributed by atoms with Gasteiger partial charge in [-0.2, -0.15) is 0 Å². The molecule has 0 amide bonds. The van der Waals surface area contributed by atoms with Crippen molar-refractivity contribution in [3.05, 3.63) is 35.4 Å². The fourth-order valence-corrected chi connectivity index (χ4v) is 2.33. The predicted molar refractivity (Wildman–Crippen MR) is 62.1 cm³/mol.